The van der Waals surface area contributed by atoms with Crippen molar-refractivity contribution in [2.75, 3.05) is 0 Å². The first-order valence-corrected chi connectivity index (χ1v) is 6.35. The minimum atomic E-state index is -1.05. The van der Waals surface area contributed by atoms with E-state index in [1.807, 2.05) is 0 Å². The average molecular weight is 306 g/mol. The molecule has 0 aliphatic carbocycles. The largest absolute Gasteiger partial charge is 0.478 e. The van der Waals surface area contributed by atoms with Gasteiger partial charge in [-0.15, -0.1) is 0 Å². The van der Waals surface area contributed by atoms with Gasteiger partial charge in [-0.25, -0.2) is 9.59 Å². The molecule has 1 aromatic carbocycles. The molecule has 0 aliphatic rings. The number of amides is 1. The van der Waals surface area contributed by atoms with Crippen LogP contribution in [0.5, 0.6) is 0 Å². The number of rotatable bonds is 2. The Morgan fingerprint density at radius 3 is 2.18 bits per heavy atom. The summed E-state index contributed by atoms with van der Waals surface area (Å²) in [5.74, 6) is -1.56. The number of hydrogen-bond acceptors (Lipinski definition) is 4. The van der Waals surface area contributed by atoms with Gasteiger partial charge in [0, 0.05) is 5.56 Å². The van der Waals surface area contributed by atoms with E-state index in [1.54, 1.807) is 20.8 Å². The van der Waals surface area contributed by atoms with Crippen molar-refractivity contribution in [1.82, 2.24) is 5.32 Å². The van der Waals surface area contributed by atoms with E-state index in [0.29, 0.717) is 5.56 Å². The highest BCUT2D eigenvalue weighted by Gasteiger charge is 2.17. The Balaban J connectivity index is 2.73. The van der Waals surface area contributed by atoms with Crippen molar-refractivity contribution in [2.45, 2.75) is 26.4 Å². The molecule has 22 heavy (non-hydrogen) atoms. The SMILES string of the molecule is CC(C)(C)OC(=O)NC(=N)/N=C(\N)c1ccc(C(=O)O)cc1. The molecule has 8 heteroatoms. The first kappa shape index (κ1) is 17.2. The lowest BCUT2D eigenvalue weighted by atomic mass is 10.1. The number of carboxylic acid groups (broad SMARTS) is 1. The van der Waals surface area contributed by atoms with Gasteiger partial charge in [0.15, 0.2) is 0 Å². The predicted molar refractivity (Wildman–Crippen MR) is 81.2 cm³/mol. The van der Waals surface area contributed by atoms with Crippen LogP contribution in [-0.4, -0.2) is 34.6 Å². The highest BCUT2D eigenvalue weighted by Crippen LogP contribution is 2.07. The first-order chi connectivity index (χ1) is 10.1. The molecule has 1 amide bonds. The normalized spacial score (nSPS) is 11.7. The van der Waals surface area contributed by atoms with Crippen molar-refractivity contribution in [3.63, 3.8) is 0 Å². The Labute approximate surface area is 127 Å². The Kier molecular flexibility index (Phi) is 5.23. The number of carboxylic acids is 1. The fourth-order valence-electron chi connectivity index (χ4n) is 1.40. The van der Waals surface area contributed by atoms with E-state index in [9.17, 15) is 9.59 Å². The zero-order valence-electron chi connectivity index (χ0n) is 12.5. The average Bonchev–Trinajstić information content (AvgIpc) is 2.35. The van der Waals surface area contributed by atoms with Crippen LogP contribution in [0.25, 0.3) is 0 Å². The van der Waals surface area contributed by atoms with E-state index in [1.165, 1.54) is 24.3 Å². The predicted octanol–water partition coefficient (Wildman–Crippen LogP) is 1.55. The molecule has 0 radical (unpaired) electrons. The quantitative estimate of drug-likeness (QED) is 0.485. The summed E-state index contributed by atoms with van der Waals surface area (Å²) in [5.41, 5.74) is 5.55. The third kappa shape index (κ3) is 5.61. The number of hydrogen-bond donors (Lipinski definition) is 4. The molecule has 0 atom stereocenters. The molecule has 0 unspecified atom stereocenters. The Bertz CT molecular complexity index is 615. The summed E-state index contributed by atoms with van der Waals surface area (Å²) in [6.07, 6.45) is -0.810. The van der Waals surface area contributed by atoms with Crippen molar-refractivity contribution in [3.8, 4) is 0 Å². The van der Waals surface area contributed by atoms with Gasteiger partial charge >= 0.3 is 12.1 Å². The Morgan fingerprint density at radius 2 is 1.73 bits per heavy atom. The topological polar surface area (TPSA) is 138 Å². The summed E-state index contributed by atoms with van der Waals surface area (Å²) in [6.45, 7) is 5.08. The van der Waals surface area contributed by atoms with Crippen LogP contribution in [0.4, 0.5) is 4.79 Å². The number of carbonyl (C=O) groups is 2. The van der Waals surface area contributed by atoms with Gasteiger partial charge in [-0.2, -0.15) is 4.99 Å². The zero-order chi connectivity index (χ0) is 16.9. The van der Waals surface area contributed by atoms with Gasteiger partial charge in [0.25, 0.3) is 0 Å². The number of carbonyl (C=O) groups excluding carboxylic acids is 1. The molecule has 0 saturated heterocycles. The van der Waals surface area contributed by atoms with Crippen molar-refractivity contribution >= 4 is 23.9 Å². The summed E-state index contributed by atoms with van der Waals surface area (Å²) in [7, 11) is 0. The number of nitrogens with one attached hydrogen (secondary N) is 2. The van der Waals surface area contributed by atoms with E-state index >= 15 is 0 Å². The lowest BCUT2D eigenvalue weighted by molar-refractivity contribution is 0.0561. The number of nitrogens with two attached hydrogens (primary N) is 1. The van der Waals surface area contributed by atoms with Gasteiger partial charge in [-0.05, 0) is 32.9 Å². The van der Waals surface area contributed by atoms with Crippen molar-refractivity contribution in [3.05, 3.63) is 35.4 Å². The van der Waals surface area contributed by atoms with Crippen LogP contribution in [0.3, 0.4) is 0 Å². The second-order valence-electron chi connectivity index (χ2n) is 5.36. The standard InChI is InChI=1S/C14H18N4O4/c1-14(2,3)22-13(21)18-12(16)17-10(15)8-4-6-9(7-5-8)11(19)20/h4-7H,1-3H3,(H,19,20)(H4,15,16,17,18,21). The zero-order valence-corrected chi connectivity index (χ0v) is 12.5. The molecule has 0 aliphatic heterocycles. The molecule has 8 nitrogen and oxygen atoms in total. The number of amidine groups is 1. The molecular weight excluding hydrogens is 288 g/mol. The van der Waals surface area contributed by atoms with E-state index in [0.717, 1.165) is 0 Å². The molecule has 0 saturated carbocycles. The number of nitrogens with zero attached hydrogens (tertiary/aromatic N) is 1. The smallest absolute Gasteiger partial charge is 0.414 e. The maximum atomic E-state index is 11.5. The van der Waals surface area contributed by atoms with Gasteiger partial charge < -0.3 is 15.6 Å². The fourth-order valence-corrected chi connectivity index (χ4v) is 1.40. The van der Waals surface area contributed by atoms with E-state index in [4.69, 9.17) is 21.0 Å². The van der Waals surface area contributed by atoms with Gasteiger partial charge in [0.05, 0.1) is 5.56 Å². The number of guanidine groups is 1. The van der Waals surface area contributed by atoms with Crippen molar-refractivity contribution < 1.29 is 19.4 Å². The van der Waals surface area contributed by atoms with Crippen LogP contribution < -0.4 is 11.1 Å². The molecule has 1 aromatic rings. The van der Waals surface area contributed by atoms with Gasteiger partial charge in [-0.3, -0.25) is 10.7 Å². The molecule has 5 N–H and O–H groups in total. The van der Waals surface area contributed by atoms with E-state index in [-0.39, 0.29) is 11.4 Å². The van der Waals surface area contributed by atoms with Crippen LogP contribution in [0, 0.1) is 5.41 Å². The van der Waals surface area contributed by atoms with Crippen molar-refractivity contribution in [1.29, 1.82) is 5.41 Å². The third-order valence-electron chi connectivity index (χ3n) is 2.28. The summed E-state index contributed by atoms with van der Waals surface area (Å²) in [5, 5.41) is 18.5. The summed E-state index contributed by atoms with van der Waals surface area (Å²) < 4.78 is 4.97. The maximum Gasteiger partial charge on any atom is 0.414 e. The molecule has 0 aromatic heterocycles. The van der Waals surface area contributed by atoms with Crippen molar-refractivity contribution in [2.24, 2.45) is 10.7 Å². The first-order valence-electron chi connectivity index (χ1n) is 6.35. The second kappa shape index (κ2) is 6.70. The van der Waals surface area contributed by atoms with Crippen LogP contribution >= 0.6 is 0 Å². The highest BCUT2D eigenvalue weighted by atomic mass is 16.6. The summed E-state index contributed by atoms with van der Waals surface area (Å²) >= 11 is 0. The van der Waals surface area contributed by atoms with Crippen LogP contribution in [0.1, 0.15) is 36.7 Å². The number of aromatic carboxylic acids is 1. The number of aliphatic imine (C=N–C) groups is 1. The summed E-state index contributed by atoms with van der Waals surface area (Å²) in [4.78, 5) is 25.9. The van der Waals surface area contributed by atoms with Gasteiger partial charge in [-0.1, -0.05) is 12.1 Å². The Hall–Kier alpha value is -2.90. The van der Waals surface area contributed by atoms with E-state index in [2.05, 4.69) is 10.3 Å². The maximum absolute atomic E-state index is 11.5. The number of benzene rings is 1. The molecule has 118 valence electrons. The second-order valence-corrected chi connectivity index (χ2v) is 5.36. The number of ether oxygens (including phenoxy) is 1. The molecule has 0 spiro atoms. The third-order valence-corrected chi connectivity index (χ3v) is 2.28. The van der Waals surface area contributed by atoms with Gasteiger partial charge in [0.2, 0.25) is 5.96 Å². The fraction of sp³-hybridized carbons (Fsp3) is 0.286. The van der Waals surface area contributed by atoms with Crippen LogP contribution in [0.15, 0.2) is 29.3 Å². The molecular formula is C14H18N4O4. The van der Waals surface area contributed by atoms with Gasteiger partial charge in [0.1, 0.15) is 11.4 Å². The van der Waals surface area contributed by atoms with Crippen LogP contribution in [0.2, 0.25) is 0 Å². The Morgan fingerprint density at radius 1 is 1.23 bits per heavy atom. The monoisotopic (exact) mass is 306 g/mol. The summed E-state index contributed by atoms with van der Waals surface area (Å²) in [6, 6.07) is 5.65. The highest BCUT2D eigenvalue weighted by molar-refractivity contribution is 6.06. The minimum Gasteiger partial charge on any atom is -0.478 e. The van der Waals surface area contributed by atoms with E-state index < -0.39 is 23.6 Å². The van der Waals surface area contributed by atoms with Crippen LogP contribution in [-0.2, 0) is 4.74 Å². The minimum absolute atomic E-state index is 0.0296. The lowest BCUT2D eigenvalue weighted by Crippen LogP contribution is -2.36. The molecule has 0 fully saturated rings. The number of alkyl carbamates (subject to hydrolysis) is 1. The lowest BCUT2D eigenvalue weighted by Gasteiger charge is -2.19. The molecule has 0 heterocycles. The molecule has 1 rings (SSSR count). The molecule has 0 bridgehead atoms.